The SMILES string of the molecule is C=C(C)CCC(NN)c1cc(F)ccc1C. The number of nitrogens with one attached hydrogen (secondary N) is 1. The van der Waals surface area contributed by atoms with Gasteiger partial charge in [-0.2, -0.15) is 0 Å². The van der Waals surface area contributed by atoms with Crippen LogP contribution in [0.1, 0.15) is 36.9 Å². The van der Waals surface area contributed by atoms with Gasteiger partial charge in [-0.05, 0) is 49.9 Å². The molecule has 0 spiro atoms. The number of rotatable bonds is 5. The lowest BCUT2D eigenvalue weighted by Gasteiger charge is -2.18. The van der Waals surface area contributed by atoms with Gasteiger partial charge >= 0.3 is 0 Å². The topological polar surface area (TPSA) is 38.0 Å². The van der Waals surface area contributed by atoms with Crippen LogP contribution in [0.5, 0.6) is 0 Å². The van der Waals surface area contributed by atoms with E-state index in [0.29, 0.717) is 0 Å². The molecule has 3 N–H and O–H groups in total. The summed E-state index contributed by atoms with van der Waals surface area (Å²) in [5.41, 5.74) is 5.81. The van der Waals surface area contributed by atoms with Crippen LogP contribution in [0.2, 0.25) is 0 Å². The second-order valence-corrected chi connectivity index (χ2v) is 4.22. The number of benzene rings is 1. The van der Waals surface area contributed by atoms with Crippen LogP contribution in [0.25, 0.3) is 0 Å². The molecule has 0 bridgehead atoms. The summed E-state index contributed by atoms with van der Waals surface area (Å²) in [6.07, 6.45) is 1.71. The van der Waals surface area contributed by atoms with Crippen LogP contribution >= 0.6 is 0 Å². The Bertz CT molecular complexity index is 374. The molecule has 3 heteroatoms. The quantitative estimate of drug-likeness (QED) is 0.456. The second-order valence-electron chi connectivity index (χ2n) is 4.22. The van der Waals surface area contributed by atoms with Crippen LogP contribution in [0.3, 0.4) is 0 Å². The van der Waals surface area contributed by atoms with E-state index in [1.54, 1.807) is 6.07 Å². The zero-order valence-electron chi connectivity index (χ0n) is 9.89. The van der Waals surface area contributed by atoms with Gasteiger partial charge in [0.25, 0.3) is 0 Å². The van der Waals surface area contributed by atoms with Gasteiger partial charge in [0.15, 0.2) is 0 Å². The van der Waals surface area contributed by atoms with Gasteiger partial charge < -0.3 is 0 Å². The fourth-order valence-corrected chi connectivity index (χ4v) is 1.71. The van der Waals surface area contributed by atoms with Crippen LogP contribution in [0.4, 0.5) is 4.39 Å². The normalized spacial score (nSPS) is 12.5. The first-order chi connectivity index (χ1) is 7.54. The van der Waals surface area contributed by atoms with Gasteiger partial charge in [0.1, 0.15) is 5.82 Å². The first kappa shape index (κ1) is 12.9. The first-order valence-electron chi connectivity index (χ1n) is 5.41. The Labute approximate surface area is 96.3 Å². The minimum absolute atomic E-state index is 0.0209. The summed E-state index contributed by atoms with van der Waals surface area (Å²) in [5.74, 6) is 5.28. The van der Waals surface area contributed by atoms with E-state index >= 15 is 0 Å². The van der Waals surface area contributed by atoms with Gasteiger partial charge in [0, 0.05) is 6.04 Å². The summed E-state index contributed by atoms with van der Waals surface area (Å²) in [6.45, 7) is 7.79. The van der Waals surface area contributed by atoms with Crippen molar-refractivity contribution in [1.29, 1.82) is 0 Å². The summed E-state index contributed by atoms with van der Waals surface area (Å²) in [7, 11) is 0. The highest BCUT2D eigenvalue weighted by atomic mass is 19.1. The largest absolute Gasteiger partial charge is 0.271 e. The molecule has 16 heavy (non-hydrogen) atoms. The van der Waals surface area contributed by atoms with E-state index in [1.807, 2.05) is 13.8 Å². The number of aryl methyl sites for hydroxylation is 1. The Morgan fingerprint density at radius 1 is 1.56 bits per heavy atom. The molecule has 1 atom stereocenters. The van der Waals surface area contributed by atoms with Gasteiger partial charge in [-0.3, -0.25) is 11.3 Å². The highest BCUT2D eigenvalue weighted by Crippen LogP contribution is 2.23. The highest BCUT2D eigenvalue weighted by molar-refractivity contribution is 5.29. The summed E-state index contributed by atoms with van der Waals surface area (Å²) < 4.78 is 13.2. The number of allylic oxidation sites excluding steroid dienone is 1. The molecule has 0 saturated heterocycles. The van der Waals surface area contributed by atoms with Crippen LogP contribution in [0, 0.1) is 12.7 Å². The lowest BCUT2D eigenvalue weighted by Crippen LogP contribution is -2.28. The fourth-order valence-electron chi connectivity index (χ4n) is 1.71. The fraction of sp³-hybridized carbons (Fsp3) is 0.385. The van der Waals surface area contributed by atoms with E-state index < -0.39 is 0 Å². The summed E-state index contributed by atoms with van der Waals surface area (Å²) >= 11 is 0. The Balaban J connectivity index is 2.85. The maximum atomic E-state index is 13.2. The van der Waals surface area contributed by atoms with Crippen LogP contribution < -0.4 is 11.3 Å². The van der Waals surface area contributed by atoms with Crippen LogP contribution in [-0.2, 0) is 0 Å². The van der Waals surface area contributed by atoms with Gasteiger partial charge in [-0.25, -0.2) is 4.39 Å². The van der Waals surface area contributed by atoms with Crippen LogP contribution in [-0.4, -0.2) is 0 Å². The van der Waals surface area contributed by atoms with Crippen molar-refractivity contribution in [1.82, 2.24) is 5.43 Å². The average Bonchev–Trinajstić information content (AvgIpc) is 2.23. The molecule has 0 aliphatic carbocycles. The lowest BCUT2D eigenvalue weighted by atomic mass is 9.96. The molecule has 0 radical (unpaired) electrons. The molecule has 0 aliphatic heterocycles. The molecular weight excluding hydrogens is 203 g/mol. The Hall–Kier alpha value is -1.19. The predicted molar refractivity (Wildman–Crippen MR) is 65.2 cm³/mol. The Morgan fingerprint density at radius 2 is 2.25 bits per heavy atom. The van der Waals surface area contributed by atoms with Crippen molar-refractivity contribution >= 4 is 0 Å². The monoisotopic (exact) mass is 222 g/mol. The van der Waals surface area contributed by atoms with E-state index in [0.717, 1.165) is 29.5 Å². The molecule has 1 aromatic rings. The lowest BCUT2D eigenvalue weighted by molar-refractivity contribution is 0.509. The maximum absolute atomic E-state index is 13.2. The van der Waals surface area contributed by atoms with Crippen molar-refractivity contribution in [3.63, 3.8) is 0 Å². The molecule has 0 saturated carbocycles. The third kappa shape index (κ3) is 3.43. The molecule has 2 nitrogen and oxygen atoms in total. The van der Waals surface area contributed by atoms with Crippen molar-refractivity contribution in [2.24, 2.45) is 5.84 Å². The molecule has 0 amide bonds. The molecular formula is C13H19FN2. The number of halogens is 1. The molecule has 1 rings (SSSR count). The Kier molecular flexibility index (Phi) is 4.65. The van der Waals surface area contributed by atoms with Crippen molar-refractivity contribution in [3.05, 3.63) is 47.3 Å². The Morgan fingerprint density at radius 3 is 2.81 bits per heavy atom. The summed E-state index contributed by atoms with van der Waals surface area (Å²) in [6, 6.07) is 4.76. The van der Waals surface area contributed by atoms with Crippen molar-refractivity contribution in [2.45, 2.75) is 32.7 Å². The van der Waals surface area contributed by atoms with Crippen molar-refractivity contribution < 1.29 is 4.39 Å². The van der Waals surface area contributed by atoms with Crippen LogP contribution in [0.15, 0.2) is 30.4 Å². The van der Waals surface area contributed by atoms with E-state index in [-0.39, 0.29) is 11.9 Å². The zero-order chi connectivity index (χ0) is 12.1. The van der Waals surface area contributed by atoms with E-state index in [9.17, 15) is 4.39 Å². The molecule has 0 aromatic heterocycles. The van der Waals surface area contributed by atoms with Gasteiger partial charge in [-0.1, -0.05) is 11.6 Å². The molecule has 0 heterocycles. The molecule has 1 unspecified atom stereocenters. The molecule has 0 fully saturated rings. The predicted octanol–water partition coefficient (Wildman–Crippen LogP) is 2.99. The standard InChI is InChI=1S/C13H19FN2/c1-9(2)4-7-13(16-15)12-8-11(14)6-5-10(12)3/h5-6,8,13,16H,1,4,7,15H2,2-3H3. The molecule has 88 valence electrons. The number of hydrogen-bond donors (Lipinski definition) is 2. The van der Waals surface area contributed by atoms with E-state index in [1.165, 1.54) is 12.1 Å². The van der Waals surface area contributed by atoms with Crippen molar-refractivity contribution in [3.8, 4) is 0 Å². The summed E-state index contributed by atoms with van der Waals surface area (Å²) in [4.78, 5) is 0. The van der Waals surface area contributed by atoms with E-state index in [2.05, 4.69) is 12.0 Å². The maximum Gasteiger partial charge on any atom is 0.123 e. The average molecular weight is 222 g/mol. The molecule has 1 aromatic carbocycles. The van der Waals surface area contributed by atoms with Gasteiger partial charge in [0.2, 0.25) is 0 Å². The second kappa shape index (κ2) is 5.77. The number of hydrazine groups is 1. The number of hydrogen-bond acceptors (Lipinski definition) is 2. The van der Waals surface area contributed by atoms with Crippen molar-refractivity contribution in [2.75, 3.05) is 0 Å². The minimum Gasteiger partial charge on any atom is -0.271 e. The highest BCUT2D eigenvalue weighted by Gasteiger charge is 2.12. The summed E-state index contributed by atoms with van der Waals surface area (Å²) in [5, 5.41) is 0. The van der Waals surface area contributed by atoms with Gasteiger partial charge in [0.05, 0.1) is 0 Å². The third-order valence-electron chi connectivity index (χ3n) is 2.68. The van der Waals surface area contributed by atoms with Gasteiger partial charge in [-0.15, -0.1) is 6.58 Å². The minimum atomic E-state index is -0.226. The first-order valence-corrected chi connectivity index (χ1v) is 5.41. The van der Waals surface area contributed by atoms with E-state index in [4.69, 9.17) is 5.84 Å². The third-order valence-corrected chi connectivity index (χ3v) is 2.68. The number of nitrogens with two attached hydrogens (primary N) is 1. The zero-order valence-corrected chi connectivity index (χ0v) is 9.89. The smallest absolute Gasteiger partial charge is 0.123 e. The molecule has 0 aliphatic rings.